The van der Waals surface area contributed by atoms with Crippen LogP contribution in [0.25, 0.3) is 0 Å². The summed E-state index contributed by atoms with van der Waals surface area (Å²) in [6.45, 7) is 20.6. The van der Waals surface area contributed by atoms with Gasteiger partial charge in [0.15, 0.2) is 0 Å². The van der Waals surface area contributed by atoms with Crippen LogP contribution in [0, 0.1) is 28.6 Å². The summed E-state index contributed by atoms with van der Waals surface area (Å²) in [4.78, 5) is 4.21. The average molecular weight is 449 g/mol. The number of hydrogen-bond donors (Lipinski definition) is 0. The van der Waals surface area contributed by atoms with Gasteiger partial charge < -0.3 is 4.74 Å². The Kier molecular flexibility index (Phi) is 9.32. The lowest BCUT2D eigenvalue weighted by molar-refractivity contribution is -0.178. The molecular weight excluding hydrogens is 401 g/mol. The van der Waals surface area contributed by atoms with Crippen LogP contribution in [0.2, 0.25) is 0 Å². The summed E-state index contributed by atoms with van der Waals surface area (Å²) < 4.78 is 41.7. The van der Waals surface area contributed by atoms with Gasteiger partial charge in [-0.1, -0.05) is 48.5 Å². The number of rotatable bonds is 3. The van der Waals surface area contributed by atoms with E-state index in [9.17, 15) is 13.2 Å². The van der Waals surface area contributed by atoms with Crippen LogP contribution >= 0.6 is 0 Å². The average Bonchev–Trinajstić information content (AvgIpc) is 2.84. The van der Waals surface area contributed by atoms with Crippen molar-refractivity contribution < 1.29 is 17.9 Å². The predicted octanol–water partition coefficient (Wildman–Crippen LogP) is 6.09. The lowest BCUT2D eigenvalue weighted by Crippen LogP contribution is -2.61. The summed E-state index contributed by atoms with van der Waals surface area (Å²) in [6, 6.07) is 0.736. The smallest absolute Gasteiger partial charge is 0.378 e. The van der Waals surface area contributed by atoms with Crippen molar-refractivity contribution in [1.29, 1.82) is 0 Å². The molecule has 0 N–H and O–H groups in total. The highest BCUT2D eigenvalue weighted by Crippen LogP contribution is 2.54. The van der Waals surface area contributed by atoms with E-state index in [0.29, 0.717) is 30.3 Å². The molecule has 2 bridgehead atoms. The fraction of sp³-hybridized carbons (Fsp3) is 1.00. The number of fused-ring (bicyclic) bond motifs is 2. The summed E-state index contributed by atoms with van der Waals surface area (Å²) in [5, 5.41) is 0. The van der Waals surface area contributed by atoms with Gasteiger partial charge in [-0.15, -0.1) is 0 Å². The van der Waals surface area contributed by atoms with Crippen molar-refractivity contribution >= 4 is 0 Å². The third-order valence-corrected chi connectivity index (χ3v) is 8.73. The highest BCUT2D eigenvalue weighted by Gasteiger charge is 2.53. The molecule has 31 heavy (non-hydrogen) atoms. The molecule has 5 fully saturated rings. The van der Waals surface area contributed by atoms with Gasteiger partial charge in [-0.3, -0.25) is 9.80 Å². The quantitative estimate of drug-likeness (QED) is 0.520. The predicted molar refractivity (Wildman–Crippen MR) is 122 cm³/mol. The number of hydrogen-bond acceptors (Lipinski definition) is 3. The van der Waals surface area contributed by atoms with Gasteiger partial charge in [0.25, 0.3) is 0 Å². The van der Waals surface area contributed by atoms with Crippen molar-refractivity contribution in [2.24, 2.45) is 28.6 Å². The van der Waals surface area contributed by atoms with E-state index in [1.54, 1.807) is 4.90 Å². The van der Waals surface area contributed by atoms with Crippen molar-refractivity contribution in [3.8, 4) is 0 Å². The van der Waals surface area contributed by atoms with E-state index >= 15 is 0 Å². The van der Waals surface area contributed by atoms with Crippen LogP contribution in [0.1, 0.15) is 74.1 Å². The highest BCUT2D eigenvalue weighted by molar-refractivity contribution is 5.03. The molecule has 0 aromatic heterocycles. The topological polar surface area (TPSA) is 15.7 Å². The van der Waals surface area contributed by atoms with Gasteiger partial charge >= 0.3 is 6.18 Å². The van der Waals surface area contributed by atoms with Crippen LogP contribution < -0.4 is 0 Å². The van der Waals surface area contributed by atoms with Crippen molar-refractivity contribution in [2.75, 3.05) is 45.9 Å². The number of alkyl halides is 3. The minimum Gasteiger partial charge on any atom is -0.378 e. The Balaban J connectivity index is 0.000000204. The molecule has 3 nitrogen and oxygen atoms in total. The molecule has 3 atom stereocenters. The molecule has 0 amide bonds. The monoisotopic (exact) mass is 448 g/mol. The van der Waals surface area contributed by atoms with Crippen LogP contribution in [-0.4, -0.2) is 68.0 Å². The van der Waals surface area contributed by atoms with Crippen LogP contribution in [0.5, 0.6) is 0 Å². The molecule has 1 aliphatic carbocycles. The number of ether oxygens (including phenoxy) is 1. The summed E-state index contributed by atoms with van der Waals surface area (Å²) in [5.74, 6) is 1.77. The second-order valence-electron chi connectivity index (χ2n) is 11.1. The number of nitrogens with zero attached hydrogens (tertiary/aromatic N) is 2. The molecule has 0 spiro atoms. The van der Waals surface area contributed by atoms with E-state index in [2.05, 4.69) is 39.5 Å². The molecule has 184 valence electrons. The van der Waals surface area contributed by atoms with E-state index in [0.717, 1.165) is 31.6 Å². The van der Waals surface area contributed by atoms with Gasteiger partial charge in [0.05, 0.1) is 25.8 Å². The second kappa shape index (κ2) is 10.7. The molecule has 3 unspecified atom stereocenters. The number of halogens is 3. The Bertz CT molecular complexity index is 533. The summed E-state index contributed by atoms with van der Waals surface area (Å²) in [7, 11) is 0. The van der Waals surface area contributed by atoms with Crippen LogP contribution in [0.4, 0.5) is 13.2 Å². The van der Waals surface area contributed by atoms with Gasteiger partial charge in [0, 0.05) is 13.1 Å². The van der Waals surface area contributed by atoms with E-state index < -0.39 is 12.7 Å². The minimum atomic E-state index is -4.03. The summed E-state index contributed by atoms with van der Waals surface area (Å²) in [6.07, 6.45) is 1.22. The molecule has 0 aromatic rings. The maximum absolute atomic E-state index is 12.1. The van der Waals surface area contributed by atoms with Crippen LogP contribution in [0.3, 0.4) is 0 Å². The Morgan fingerprint density at radius 3 is 1.97 bits per heavy atom. The van der Waals surface area contributed by atoms with Gasteiger partial charge in [-0.2, -0.15) is 13.2 Å². The molecule has 1 saturated carbocycles. The van der Waals surface area contributed by atoms with Crippen molar-refractivity contribution in [2.45, 2.75) is 86.4 Å². The standard InChI is InChI=1S/C13H25NO.C10H16F3N.C2H6/c1-11(2)13(3)5-4-7-14(8-6-13)12-9-15-10-12;1-9(2)7-3-8(9)5-14(4-7)6-10(11,12)13;1-2/h11-12H,4-10H2,1-3H3;7-8H,3-6H2,1-2H3;1-2H3. The largest absolute Gasteiger partial charge is 0.401 e. The molecule has 6 heteroatoms. The molecule has 4 aliphatic heterocycles. The zero-order chi connectivity index (χ0) is 23.4. The van der Waals surface area contributed by atoms with E-state index in [4.69, 9.17) is 4.74 Å². The van der Waals surface area contributed by atoms with Crippen LogP contribution in [-0.2, 0) is 4.74 Å². The van der Waals surface area contributed by atoms with Gasteiger partial charge in [-0.05, 0) is 67.4 Å². The highest BCUT2D eigenvalue weighted by atomic mass is 19.4. The normalized spacial score (nSPS) is 33.8. The van der Waals surface area contributed by atoms with E-state index in [1.807, 2.05) is 13.8 Å². The zero-order valence-electron chi connectivity index (χ0n) is 21.0. The fourth-order valence-corrected chi connectivity index (χ4v) is 5.52. The fourth-order valence-electron chi connectivity index (χ4n) is 5.52. The van der Waals surface area contributed by atoms with Crippen LogP contribution in [0.15, 0.2) is 0 Å². The lowest BCUT2D eigenvalue weighted by Gasteiger charge is -2.59. The third kappa shape index (κ3) is 6.83. The molecule has 4 saturated heterocycles. The minimum absolute atomic E-state index is 0.280. The molecule has 4 heterocycles. The lowest BCUT2D eigenvalue weighted by atomic mass is 9.52. The second-order valence-corrected chi connectivity index (χ2v) is 11.1. The zero-order valence-corrected chi connectivity index (χ0v) is 21.0. The Labute approximate surface area is 189 Å². The Morgan fingerprint density at radius 1 is 0.968 bits per heavy atom. The molecule has 0 radical (unpaired) electrons. The van der Waals surface area contributed by atoms with E-state index in [-0.39, 0.29) is 5.41 Å². The van der Waals surface area contributed by atoms with Crippen molar-refractivity contribution in [3.63, 3.8) is 0 Å². The van der Waals surface area contributed by atoms with Crippen molar-refractivity contribution in [1.82, 2.24) is 9.80 Å². The first kappa shape index (κ1) is 26.9. The first-order valence-corrected chi connectivity index (χ1v) is 12.5. The maximum Gasteiger partial charge on any atom is 0.401 e. The molecule has 5 aliphatic rings. The first-order valence-electron chi connectivity index (χ1n) is 12.5. The molecule has 5 rings (SSSR count). The summed E-state index contributed by atoms with van der Waals surface area (Å²) in [5.41, 5.74) is 0.849. The van der Waals surface area contributed by atoms with Gasteiger partial charge in [0.2, 0.25) is 0 Å². The number of piperidine rings is 2. The maximum atomic E-state index is 12.1. The van der Waals surface area contributed by atoms with Crippen molar-refractivity contribution in [3.05, 3.63) is 0 Å². The van der Waals surface area contributed by atoms with Gasteiger partial charge in [0.1, 0.15) is 0 Å². The third-order valence-electron chi connectivity index (χ3n) is 8.73. The molecule has 0 aromatic carbocycles. The Hall–Kier alpha value is -0.330. The SMILES string of the molecule is CC.CC(C)C1(C)CCCN(C2COC2)CC1.CC1(C)C2CC1CN(CC(F)(F)F)C2. The first-order chi connectivity index (χ1) is 14.4. The Morgan fingerprint density at radius 2 is 1.55 bits per heavy atom. The molecular formula is C25H47F3N2O. The number of likely N-dealkylation sites (tertiary alicyclic amines) is 1. The van der Waals surface area contributed by atoms with E-state index in [1.165, 1.54) is 32.4 Å². The van der Waals surface area contributed by atoms with Gasteiger partial charge in [-0.25, -0.2) is 0 Å². The summed E-state index contributed by atoms with van der Waals surface area (Å²) >= 11 is 0.